The minimum Gasteiger partial charge on any atom is -0.461 e. The molecule has 0 aliphatic rings. The van der Waals surface area contributed by atoms with Crippen LogP contribution < -0.4 is 5.32 Å². The van der Waals surface area contributed by atoms with Gasteiger partial charge in [-0.2, -0.15) is 0 Å². The first kappa shape index (κ1) is 20.9. The predicted molar refractivity (Wildman–Crippen MR) is 117 cm³/mol. The molecule has 0 spiro atoms. The third kappa shape index (κ3) is 5.61. The number of carbonyl (C=O) groups is 1. The lowest BCUT2D eigenvalue weighted by Gasteiger charge is -2.09. The van der Waals surface area contributed by atoms with Crippen LogP contribution >= 0.6 is 11.8 Å². The Kier molecular flexibility index (Phi) is 6.78. The van der Waals surface area contributed by atoms with Gasteiger partial charge in [-0.05, 0) is 41.8 Å². The van der Waals surface area contributed by atoms with Crippen molar-refractivity contribution in [2.45, 2.75) is 18.1 Å². The number of hydrogen-bond donors (Lipinski definition) is 1. The maximum absolute atomic E-state index is 13.0. The Hall–Kier alpha value is -3.39. The van der Waals surface area contributed by atoms with E-state index in [4.69, 9.17) is 4.42 Å². The van der Waals surface area contributed by atoms with Gasteiger partial charge in [0.1, 0.15) is 5.82 Å². The molecule has 2 heterocycles. The Balaban J connectivity index is 1.38. The van der Waals surface area contributed by atoms with Crippen LogP contribution in [0, 0.1) is 5.82 Å². The molecule has 0 aliphatic carbocycles. The second-order valence-corrected chi connectivity index (χ2v) is 7.81. The number of furan rings is 1. The Labute approximate surface area is 183 Å². The van der Waals surface area contributed by atoms with E-state index in [1.807, 2.05) is 41.0 Å². The van der Waals surface area contributed by atoms with Crippen LogP contribution in [0.15, 0.2) is 82.6 Å². The number of nitrogens with one attached hydrogen (secondary N) is 1. The highest BCUT2D eigenvalue weighted by Gasteiger charge is 2.17. The van der Waals surface area contributed by atoms with Crippen molar-refractivity contribution < 1.29 is 13.6 Å². The molecule has 0 aliphatic heterocycles. The molecule has 6 nitrogen and oxygen atoms in total. The lowest BCUT2D eigenvalue weighted by Crippen LogP contribution is -2.27. The van der Waals surface area contributed by atoms with Crippen molar-refractivity contribution in [2.24, 2.45) is 0 Å². The van der Waals surface area contributed by atoms with Gasteiger partial charge >= 0.3 is 0 Å². The summed E-state index contributed by atoms with van der Waals surface area (Å²) in [6.45, 7) is 1.05. The first-order chi connectivity index (χ1) is 15.2. The summed E-state index contributed by atoms with van der Waals surface area (Å²) in [5.41, 5.74) is 2.07. The zero-order chi connectivity index (χ0) is 21.5. The normalized spacial score (nSPS) is 10.9. The second kappa shape index (κ2) is 10.1. The van der Waals surface area contributed by atoms with E-state index in [9.17, 15) is 9.18 Å². The standard InChI is InChI=1S/C23H21FN4O2S/c24-19-10-8-17(9-11-19)12-13-25-21(29)16-31-23-27-26-22(20-7-4-14-30-20)28(23)15-18-5-2-1-3-6-18/h1-11,14H,12-13,15-16H2,(H,25,29). The van der Waals surface area contributed by atoms with E-state index in [1.54, 1.807) is 24.5 Å². The molecule has 0 bridgehead atoms. The molecule has 0 atom stereocenters. The molecular formula is C23H21FN4O2S. The summed E-state index contributed by atoms with van der Waals surface area (Å²) in [4.78, 5) is 12.3. The smallest absolute Gasteiger partial charge is 0.230 e. The van der Waals surface area contributed by atoms with E-state index in [-0.39, 0.29) is 17.5 Å². The highest BCUT2D eigenvalue weighted by molar-refractivity contribution is 7.99. The van der Waals surface area contributed by atoms with Crippen molar-refractivity contribution in [3.8, 4) is 11.6 Å². The predicted octanol–water partition coefficient (Wildman–Crippen LogP) is 4.18. The van der Waals surface area contributed by atoms with Gasteiger partial charge < -0.3 is 9.73 Å². The van der Waals surface area contributed by atoms with E-state index >= 15 is 0 Å². The molecule has 0 saturated carbocycles. The third-order valence-electron chi connectivity index (χ3n) is 4.62. The van der Waals surface area contributed by atoms with Gasteiger partial charge in [-0.3, -0.25) is 9.36 Å². The molecular weight excluding hydrogens is 415 g/mol. The van der Waals surface area contributed by atoms with E-state index in [0.29, 0.717) is 36.3 Å². The maximum atomic E-state index is 13.0. The average molecular weight is 437 g/mol. The van der Waals surface area contributed by atoms with Crippen LogP contribution in [0.3, 0.4) is 0 Å². The van der Waals surface area contributed by atoms with Crippen LogP contribution in [0.1, 0.15) is 11.1 Å². The summed E-state index contributed by atoms with van der Waals surface area (Å²) in [6.07, 6.45) is 2.24. The van der Waals surface area contributed by atoms with Crippen molar-refractivity contribution in [3.05, 3.63) is 89.9 Å². The van der Waals surface area contributed by atoms with Gasteiger partial charge in [0, 0.05) is 6.54 Å². The second-order valence-electron chi connectivity index (χ2n) is 6.87. The lowest BCUT2D eigenvalue weighted by molar-refractivity contribution is -0.118. The summed E-state index contributed by atoms with van der Waals surface area (Å²) in [5.74, 6) is 1.10. The average Bonchev–Trinajstić information content (AvgIpc) is 3.44. The van der Waals surface area contributed by atoms with Gasteiger partial charge in [-0.1, -0.05) is 54.2 Å². The van der Waals surface area contributed by atoms with Gasteiger partial charge in [0.2, 0.25) is 11.7 Å². The SMILES string of the molecule is O=C(CSc1nnc(-c2ccco2)n1Cc1ccccc1)NCCc1ccc(F)cc1. The van der Waals surface area contributed by atoms with Gasteiger partial charge in [0.15, 0.2) is 10.9 Å². The highest BCUT2D eigenvalue weighted by Crippen LogP contribution is 2.25. The molecule has 8 heteroatoms. The zero-order valence-corrected chi connectivity index (χ0v) is 17.5. The number of aromatic nitrogens is 3. The molecule has 0 radical (unpaired) electrons. The van der Waals surface area contributed by atoms with Crippen LogP contribution in [-0.2, 0) is 17.8 Å². The molecule has 0 saturated heterocycles. The number of halogens is 1. The fourth-order valence-electron chi connectivity index (χ4n) is 3.07. The number of hydrogen-bond acceptors (Lipinski definition) is 5. The molecule has 31 heavy (non-hydrogen) atoms. The zero-order valence-electron chi connectivity index (χ0n) is 16.7. The quantitative estimate of drug-likeness (QED) is 0.399. The van der Waals surface area contributed by atoms with E-state index in [0.717, 1.165) is 11.1 Å². The Morgan fingerprint density at radius 3 is 2.55 bits per heavy atom. The topological polar surface area (TPSA) is 73.0 Å². The first-order valence-corrected chi connectivity index (χ1v) is 10.8. The third-order valence-corrected chi connectivity index (χ3v) is 5.59. The Morgan fingerprint density at radius 1 is 1.00 bits per heavy atom. The maximum Gasteiger partial charge on any atom is 0.230 e. The van der Waals surface area contributed by atoms with Crippen LogP contribution in [0.2, 0.25) is 0 Å². The summed E-state index contributed by atoms with van der Waals surface area (Å²) in [7, 11) is 0. The summed E-state index contributed by atoms with van der Waals surface area (Å²) < 4.78 is 20.4. The molecule has 158 valence electrons. The van der Waals surface area contributed by atoms with Crippen LogP contribution in [0.5, 0.6) is 0 Å². The fraction of sp³-hybridized carbons (Fsp3) is 0.174. The number of carbonyl (C=O) groups excluding carboxylic acids is 1. The van der Waals surface area contributed by atoms with Crippen LogP contribution in [-0.4, -0.2) is 33.0 Å². The van der Waals surface area contributed by atoms with Crippen molar-refractivity contribution in [2.75, 3.05) is 12.3 Å². The monoisotopic (exact) mass is 436 g/mol. The van der Waals surface area contributed by atoms with Crippen LogP contribution in [0.25, 0.3) is 11.6 Å². The first-order valence-electron chi connectivity index (χ1n) is 9.84. The highest BCUT2D eigenvalue weighted by atomic mass is 32.2. The minimum atomic E-state index is -0.266. The Bertz CT molecular complexity index is 1110. The van der Waals surface area contributed by atoms with E-state index in [2.05, 4.69) is 15.5 Å². The number of nitrogens with zero attached hydrogens (tertiary/aromatic N) is 3. The minimum absolute atomic E-state index is 0.0964. The number of benzene rings is 2. The molecule has 0 unspecified atom stereocenters. The molecule has 1 N–H and O–H groups in total. The van der Waals surface area contributed by atoms with Crippen LogP contribution in [0.4, 0.5) is 4.39 Å². The van der Waals surface area contributed by atoms with Gasteiger partial charge in [-0.15, -0.1) is 10.2 Å². The van der Waals surface area contributed by atoms with Crippen molar-refractivity contribution in [1.82, 2.24) is 20.1 Å². The van der Waals surface area contributed by atoms with Crippen molar-refractivity contribution in [3.63, 3.8) is 0 Å². The molecule has 4 rings (SSSR count). The number of thioether (sulfide) groups is 1. The molecule has 2 aromatic heterocycles. The summed E-state index contributed by atoms with van der Waals surface area (Å²) >= 11 is 1.33. The summed E-state index contributed by atoms with van der Waals surface area (Å²) in [5, 5.41) is 12.1. The largest absolute Gasteiger partial charge is 0.461 e. The summed E-state index contributed by atoms with van der Waals surface area (Å²) in [6, 6.07) is 19.9. The van der Waals surface area contributed by atoms with Gasteiger partial charge in [0.25, 0.3) is 0 Å². The van der Waals surface area contributed by atoms with Gasteiger partial charge in [-0.25, -0.2) is 4.39 Å². The molecule has 1 amide bonds. The lowest BCUT2D eigenvalue weighted by atomic mass is 10.1. The van der Waals surface area contributed by atoms with E-state index < -0.39 is 0 Å². The number of amides is 1. The van der Waals surface area contributed by atoms with E-state index in [1.165, 1.54) is 23.9 Å². The fourth-order valence-corrected chi connectivity index (χ4v) is 3.84. The van der Waals surface area contributed by atoms with Gasteiger partial charge in [0.05, 0.1) is 18.6 Å². The molecule has 0 fully saturated rings. The van der Waals surface area contributed by atoms with Crippen molar-refractivity contribution in [1.29, 1.82) is 0 Å². The molecule has 4 aromatic rings. The Morgan fingerprint density at radius 2 is 1.81 bits per heavy atom. The van der Waals surface area contributed by atoms with Crippen molar-refractivity contribution >= 4 is 17.7 Å². The number of rotatable bonds is 9. The molecule has 2 aromatic carbocycles.